The van der Waals surface area contributed by atoms with Gasteiger partial charge >= 0.3 is 0 Å². The summed E-state index contributed by atoms with van der Waals surface area (Å²) in [6.07, 6.45) is 5.17. The second kappa shape index (κ2) is 7.62. The van der Waals surface area contributed by atoms with Crippen molar-refractivity contribution in [3.63, 3.8) is 0 Å². The van der Waals surface area contributed by atoms with E-state index in [0.29, 0.717) is 30.2 Å². The molecule has 1 aliphatic heterocycles. The molecule has 1 aliphatic rings. The molecule has 0 bridgehead atoms. The van der Waals surface area contributed by atoms with Crippen LogP contribution in [0, 0.1) is 0 Å². The number of rotatable bonds is 5. The van der Waals surface area contributed by atoms with E-state index in [1.54, 1.807) is 35.5 Å². The first-order valence-electron chi connectivity index (χ1n) is 10.3. The van der Waals surface area contributed by atoms with Crippen LogP contribution in [0.5, 0.6) is 0 Å². The number of carbonyl (C=O) groups excluding carboxylic acids is 1. The van der Waals surface area contributed by atoms with Crippen LogP contribution in [0.2, 0.25) is 0 Å². The smallest absolute Gasteiger partial charge is 0.279 e. The quantitative estimate of drug-likeness (QED) is 0.485. The van der Waals surface area contributed by atoms with Gasteiger partial charge in [0.05, 0.1) is 29.9 Å². The number of hydrogen-bond acceptors (Lipinski definition) is 6. The lowest BCUT2D eigenvalue weighted by atomic mass is 10.1. The summed E-state index contributed by atoms with van der Waals surface area (Å²) in [6.45, 7) is 3.13. The van der Waals surface area contributed by atoms with Crippen molar-refractivity contribution in [2.45, 2.75) is 32.4 Å². The van der Waals surface area contributed by atoms with E-state index < -0.39 is 0 Å². The molecule has 0 saturated carbocycles. The topological polar surface area (TPSA) is 99.5 Å². The zero-order chi connectivity index (χ0) is 21.5. The molecule has 4 heterocycles. The fraction of sp³-hybridized carbons (Fsp3) is 0.381. The van der Waals surface area contributed by atoms with Gasteiger partial charge in [-0.25, -0.2) is 4.98 Å². The van der Waals surface area contributed by atoms with Crippen LogP contribution in [0.15, 0.2) is 41.6 Å². The molecule has 1 saturated heterocycles. The zero-order valence-corrected chi connectivity index (χ0v) is 17.4. The Morgan fingerprint density at radius 1 is 1.26 bits per heavy atom. The highest BCUT2D eigenvalue weighted by molar-refractivity contribution is 5.80. The molecule has 1 aromatic carbocycles. The molecule has 5 rings (SSSR count). The van der Waals surface area contributed by atoms with E-state index >= 15 is 0 Å². The van der Waals surface area contributed by atoms with Crippen molar-refractivity contribution < 1.29 is 9.53 Å². The fourth-order valence-electron chi connectivity index (χ4n) is 4.41. The van der Waals surface area contributed by atoms with Crippen molar-refractivity contribution in [2.75, 3.05) is 20.3 Å². The van der Waals surface area contributed by atoms with Gasteiger partial charge in [-0.1, -0.05) is 17.3 Å². The summed E-state index contributed by atoms with van der Waals surface area (Å²) in [6, 6.07) is 7.60. The highest BCUT2D eigenvalue weighted by Crippen LogP contribution is 2.31. The first-order chi connectivity index (χ1) is 15.1. The Balaban J connectivity index is 1.65. The van der Waals surface area contributed by atoms with Crippen LogP contribution >= 0.6 is 0 Å². The minimum absolute atomic E-state index is 0.0250. The highest BCUT2D eigenvalue weighted by atomic mass is 16.5. The molecule has 0 radical (unpaired) electrons. The van der Waals surface area contributed by atoms with Crippen molar-refractivity contribution in [3.8, 4) is 5.82 Å². The van der Waals surface area contributed by atoms with Crippen molar-refractivity contribution in [1.82, 2.24) is 33.8 Å². The van der Waals surface area contributed by atoms with Crippen molar-refractivity contribution in [3.05, 3.63) is 52.8 Å². The van der Waals surface area contributed by atoms with E-state index in [1.165, 1.54) is 4.68 Å². The lowest BCUT2D eigenvalue weighted by Crippen LogP contribution is -2.28. The van der Waals surface area contributed by atoms with Crippen LogP contribution in [-0.2, 0) is 16.1 Å². The van der Waals surface area contributed by atoms with Gasteiger partial charge in [-0.15, -0.1) is 5.10 Å². The number of hydrogen-bond donors (Lipinski definition) is 0. The number of methoxy groups -OCH3 is 1. The summed E-state index contributed by atoms with van der Waals surface area (Å²) < 4.78 is 10.2. The summed E-state index contributed by atoms with van der Waals surface area (Å²) in [5.41, 5.74) is 2.62. The van der Waals surface area contributed by atoms with Crippen molar-refractivity contribution in [2.24, 2.45) is 0 Å². The predicted octanol–water partition coefficient (Wildman–Crippen LogP) is 1.56. The zero-order valence-electron chi connectivity index (χ0n) is 17.4. The Morgan fingerprint density at radius 3 is 2.84 bits per heavy atom. The summed E-state index contributed by atoms with van der Waals surface area (Å²) in [5, 5.41) is 8.54. The van der Waals surface area contributed by atoms with Crippen LogP contribution in [0.3, 0.4) is 0 Å². The third-order valence-corrected chi connectivity index (χ3v) is 5.87. The average molecular weight is 421 g/mol. The second-order valence-corrected chi connectivity index (χ2v) is 7.68. The molecule has 10 nitrogen and oxygen atoms in total. The molecule has 31 heavy (non-hydrogen) atoms. The summed E-state index contributed by atoms with van der Waals surface area (Å²) >= 11 is 0. The molecule has 160 valence electrons. The minimum Gasteiger partial charge on any atom is -0.383 e. The second-order valence-electron chi connectivity index (χ2n) is 7.68. The molecule has 10 heteroatoms. The maximum Gasteiger partial charge on any atom is 0.279 e. The van der Waals surface area contributed by atoms with Gasteiger partial charge in [-0.2, -0.15) is 4.68 Å². The maximum atomic E-state index is 13.4. The first-order valence-corrected chi connectivity index (χ1v) is 10.3. The number of aromatic nitrogens is 6. The van der Waals surface area contributed by atoms with Crippen LogP contribution in [-0.4, -0.2) is 60.0 Å². The highest BCUT2D eigenvalue weighted by Gasteiger charge is 2.30. The number of imidazole rings is 1. The van der Waals surface area contributed by atoms with Gasteiger partial charge in [0.25, 0.3) is 5.56 Å². The molecule has 3 aromatic heterocycles. The van der Waals surface area contributed by atoms with Crippen LogP contribution < -0.4 is 5.56 Å². The Morgan fingerprint density at radius 2 is 2.06 bits per heavy atom. The predicted molar refractivity (Wildman–Crippen MR) is 113 cm³/mol. The molecule has 0 aliphatic carbocycles. The van der Waals surface area contributed by atoms with Gasteiger partial charge < -0.3 is 14.2 Å². The monoisotopic (exact) mass is 421 g/mol. The number of ether oxygens (including phenoxy) is 1. The lowest BCUT2D eigenvalue weighted by Gasteiger charge is -2.20. The van der Waals surface area contributed by atoms with Crippen molar-refractivity contribution in [1.29, 1.82) is 0 Å². The third-order valence-electron chi connectivity index (χ3n) is 5.87. The maximum absolute atomic E-state index is 13.4. The number of benzene rings is 1. The molecule has 1 atom stereocenters. The average Bonchev–Trinajstić information content (AvgIpc) is 3.52. The third kappa shape index (κ3) is 3.10. The minimum atomic E-state index is -0.175. The molecule has 0 N–H and O–H groups in total. The molecule has 4 aromatic rings. The van der Waals surface area contributed by atoms with Gasteiger partial charge in [0.2, 0.25) is 5.91 Å². The molecule has 1 amide bonds. The van der Waals surface area contributed by atoms with Gasteiger partial charge in [0, 0.05) is 27.1 Å². The largest absolute Gasteiger partial charge is 0.383 e. The van der Waals surface area contributed by atoms with E-state index in [0.717, 1.165) is 30.4 Å². The van der Waals surface area contributed by atoms with Crippen molar-refractivity contribution >= 4 is 22.5 Å². The number of para-hydroxylation sites is 2. The summed E-state index contributed by atoms with van der Waals surface area (Å²) in [7, 11) is 1.61. The standard InChI is InChI=1S/C21H23N7O3/c1-14(29)25-9-5-8-16(25)15-12-28(24-23-15)20-19-21(30)26(10-11-31-2)17-6-3-4-7-18(17)27(19)13-22-20/h3-4,6-7,12-13,16H,5,8-11H2,1-2H3. The normalized spacial score (nSPS) is 16.6. The lowest BCUT2D eigenvalue weighted by molar-refractivity contribution is -0.129. The van der Waals surface area contributed by atoms with E-state index in [9.17, 15) is 9.59 Å². The number of likely N-dealkylation sites (tertiary alicyclic amines) is 1. The van der Waals surface area contributed by atoms with Gasteiger partial charge in [0.1, 0.15) is 12.0 Å². The summed E-state index contributed by atoms with van der Waals surface area (Å²) in [5.74, 6) is 0.435. The van der Waals surface area contributed by atoms with E-state index in [1.807, 2.05) is 29.2 Å². The fourth-order valence-corrected chi connectivity index (χ4v) is 4.41. The molecular weight excluding hydrogens is 398 g/mol. The Labute approximate surface area is 177 Å². The number of amides is 1. The molecular formula is C21H23N7O3. The molecule has 1 fully saturated rings. The number of fused-ring (bicyclic) bond motifs is 3. The van der Waals surface area contributed by atoms with E-state index in [2.05, 4.69) is 15.3 Å². The van der Waals surface area contributed by atoms with Gasteiger partial charge in [0.15, 0.2) is 11.3 Å². The van der Waals surface area contributed by atoms with Crippen LogP contribution in [0.1, 0.15) is 31.5 Å². The first kappa shape index (κ1) is 19.4. The Hall–Kier alpha value is -3.53. The molecule has 0 spiro atoms. The van der Waals surface area contributed by atoms with Crippen LogP contribution in [0.4, 0.5) is 0 Å². The van der Waals surface area contributed by atoms with E-state index in [4.69, 9.17) is 4.74 Å². The van der Waals surface area contributed by atoms with Crippen LogP contribution in [0.25, 0.3) is 22.4 Å². The number of carbonyl (C=O) groups is 1. The molecule has 1 unspecified atom stereocenters. The van der Waals surface area contributed by atoms with Gasteiger partial charge in [-0.3, -0.25) is 14.0 Å². The number of nitrogens with zero attached hydrogens (tertiary/aromatic N) is 7. The van der Waals surface area contributed by atoms with Gasteiger partial charge in [-0.05, 0) is 25.0 Å². The Bertz CT molecular complexity index is 1340. The summed E-state index contributed by atoms with van der Waals surface area (Å²) in [4.78, 5) is 31.7. The van der Waals surface area contributed by atoms with E-state index in [-0.39, 0.29) is 17.5 Å². The SMILES string of the molecule is COCCn1c(=O)c2c(-n3cc(C4CCCN4C(C)=O)nn3)ncn2c2ccccc21. The Kier molecular flexibility index (Phi) is 4.78.